The maximum atomic E-state index is 14.1. The first kappa shape index (κ1) is 24.9. The van der Waals surface area contributed by atoms with E-state index in [-0.39, 0.29) is 18.4 Å². The number of carbonyl (C=O) groups is 3. The van der Waals surface area contributed by atoms with Crippen molar-refractivity contribution in [1.29, 1.82) is 0 Å². The van der Waals surface area contributed by atoms with Crippen molar-refractivity contribution in [3.05, 3.63) is 24.3 Å². The number of rotatable bonds is 5. The number of unbranched alkanes of at least 4 members (excludes halogenated alkanes) is 2. The molecule has 2 amide bonds. The molecule has 8 heteroatoms. The van der Waals surface area contributed by atoms with Crippen LogP contribution < -0.4 is 0 Å². The number of carbonyl (C=O) groups excluding carboxylic acids is 3. The van der Waals surface area contributed by atoms with Gasteiger partial charge in [-0.1, -0.05) is 24.3 Å². The molecule has 0 saturated carbocycles. The van der Waals surface area contributed by atoms with Crippen molar-refractivity contribution >= 4 is 17.8 Å². The zero-order chi connectivity index (χ0) is 24.7. The molecule has 4 heterocycles. The Morgan fingerprint density at radius 1 is 1.06 bits per heavy atom. The lowest BCUT2D eigenvalue weighted by molar-refractivity contribution is -0.160. The number of aliphatic hydroxyl groups is 1. The Bertz CT molecular complexity index is 892. The average Bonchev–Trinajstić information content (AvgIpc) is 3.09. The third kappa shape index (κ3) is 3.98. The van der Waals surface area contributed by atoms with Crippen LogP contribution in [0.25, 0.3) is 0 Å². The molecule has 1 unspecified atom stereocenters. The Morgan fingerprint density at radius 3 is 2.53 bits per heavy atom. The number of esters is 1. The van der Waals surface area contributed by atoms with E-state index in [4.69, 9.17) is 14.6 Å². The van der Waals surface area contributed by atoms with Crippen LogP contribution in [0.4, 0.5) is 0 Å². The van der Waals surface area contributed by atoms with E-state index in [1.54, 1.807) is 9.80 Å². The molecular formula is C26H38N2O6. The molecule has 0 aromatic carbocycles. The fraction of sp³-hybridized carbons (Fsp3) is 0.731. The van der Waals surface area contributed by atoms with Gasteiger partial charge in [0.15, 0.2) is 0 Å². The third-order valence-corrected chi connectivity index (χ3v) is 7.62. The van der Waals surface area contributed by atoms with Crippen LogP contribution in [-0.4, -0.2) is 81.8 Å². The van der Waals surface area contributed by atoms with E-state index in [0.717, 1.165) is 12.8 Å². The fourth-order valence-corrected chi connectivity index (χ4v) is 6.05. The normalized spacial score (nSPS) is 36.7. The zero-order valence-corrected chi connectivity index (χ0v) is 20.8. The van der Waals surface area contributed by atoms with Gasteiger partial charge in [0.1, 0.15) is 17.6 Å². The van der Waals surface area contributed by atoms with E-state index < -0.39 is 40.6 Å². The first-order valence-electron chi connectivity index (χ1n) is 12.5. The van der Waals surface area contributed by atoms with Gasteiger partial charge in [-0.15, -0.1) is 0 Å². The Morgan fingerprint density at radius 2 is 1.82 bits per heavy atom. The van der Waals surface area contributed by atoms with Crippen LogP contribution in [0, 0.1) is 11.8 Å². The third-order valence-electron chi connectivity index (χ3n) is 7.62. The van der Waals surface area contributed by atoms with Gasteiger partial charge in [-0.2, -0.15) is 0 Å². The van der Waals surface area contributed by atoms with E-state index >= 15 is 0 Å². The van der Waals surface area contributed by atoms with Gasteiger partial charge in [0.25, 0.3) is 0 Å². The maximum Gasteiger partial charge on any atom is 0.313 e. The molecule has 5 atom stereocenters. The summed E-state index contributed by atoms with van der Waals surface area (Å²) in [5.41, 5.74) is -2.74. The van der Waals surface area contributed by atoms with Crippen LogP contribution in [0.3, 0.4) is 0 Å². The molecule has 4 aliphatic heterocycles. The number of allylic oxidation sites excluding steroid dienone is 1. The molecule has 1 spiro atoms. The summed E-state index contributed by atoms with van der Waals surface area (Å²) < 4.78 is 12.3. The molecule has 8 nitrogen and oxygen atoms in total. The predicted molar refractivity (Wildman–Crippen MR) is 126 cm³/mol. The number of fused-ring (bicyclic) bond motifs is 2. The SMILES string of the molecule is CC(C)(C)N1CC=C[C@]23O[C@@]4(C)/C=C\CCCOC(=O)[C@H]4[C@H]2C(=O)N(CCCCCO)C3C1=O. The fourth-order valence-electron chi connectivity index (χ4n) is 6.05. The Labute approximate surface area is 201 Å². The summed E-state index contributed by atoms with van der Waals surface area (Å²) >= 11 is 0. The number of hydrogen-bond acceptors (Lipinski definition) is 6. The van der Waals surface area contributed by atoms with Gasteiger partial charge in [-0.25, -0.2) is 0 Å². The quantitative estimate of drug-likeness (QED) is 0.373. The van der Waals surface area contributed by atoms with Gasteiger partial charge in [-0.3, -0.25) is 14.4 Å². The van der Waals surface area contributed by atoms with Crippen LogP contribution in [0.1, 0.15) is 59.8 Å². The molecule has 0 aliphatic carbocycles. The van der Waals surface area contributed by atoms with Gasteiger partial charge in [0.05, 0.1) is 18.1 Å². The highest BCUT2D eigenvalue weighted by Crippen LogP contribution is 2.57. The van der Waals surface area contributed by atoms with Crippen molar-refractivity contribution in [2.24, 2.45) is 11.8 Å². The number of nitrogens with zero attached hydrogens (tertiary/aromatic N) is 2. The van der Waals surface area contributed by atoms with Crippen molar-refractivity contribution in [3.8, 4) is 0 Å². The van der Waals surface area contributed by atoms with E-state index in [1.807, 2.05) is 52.0 Å². The van der Waals surface area contributed by atoms with Crippen LogP contribution in [0.5, 0.6) is 0 Å². The smallest absolute Gasteiger partial charge is 0.313 e. The molecule has 0 aromatic rings. The Hall–Kier alpha value is -2.19. The van der Waals surface area contributed by atoms with E-state index in [2.05, 4.69) is 0 Å². The molecule has 2 fully saturated rings. The summed E-state index contributed by atoms with van der Waals surface area (Å²) in [6, 6.07) is -0.856. The summed E-state index contributed by atoms with van der Waals surface area (Å²) in [5, 5.41) is 9.16. The number of likely N-dealkylation sites (tertiary alicyclic amines) is 1. The lowest BCUT2D eigenvalue weighted by Crippen LogP contribution is -2.59. The van der Waals surface area contributed by atoms with Gasteiger partial charge in [0, 0.05) is 25.2 Å². The molecule has 4 aliphatic rings. The Kier molecular flexibility index (Phi) is 6.68. The Balaban J connectivity index is 1.81. The number of cyclic esters (lactones) is 1. The predicted octanol–water partition coefficient (Wildman–Crippen LogP) is 2.21. The summed E-state index contributed by atoms with van der Waals surface area (Å²) in [5.74, 6) is -2.51. The van der Waals surface area contributed by atoms with Gasteiger partial charge in [0.2, 0.25) is 11.8 Å². The van der Waals surface area contributed by atoms with Gasteiger partial charge in [-0.05, 0) is 59.8 Å². The molecule has 0 bridgehead atoms. The highest BCUT2D eigenvalue weighted by atomic mass is 16.6. The second kappa shape index (κ2) is 9.11. The van der Waals surface area contributed by atoms with Crippen molar-refractivity contribution in [1.82, 2.24) is 9.80 Å². The minimum absolute atomic E-state index is 0.0884. The van der Waals surface area contributed by atoms with Crippen molar-refractivity contribution in [3.63, 3.8) is 0 Å². The van der Waals surface area contributed by atoms with E-state index in [1.165, 1.54) is 0 Å². The molecule has 34 heavy (non-hydrogen) atoms. The van der Waals surface area contributed by atoms with Crippen LogP contribution in [-0.2, 0) is 23.9 Å². The van der Waals surface area contributed by atoms with E-state index in [0.29, 0.717) is 39.0 Å². The van der Waals surface area contributed by atoms with Gasteiger partial charge >= 0.3 is 5.97 Å². The molecule has 4 rings (SSSR count). The van der Waals surface area contributed by atoms with Crippen LogP contribution >= 0.6 is 0 Å². The molecule has 0 radical (unpaired) electrons. The lowest BCUT2D eigenvalue weighted by Gasteiger charge is -2.41. The standard InChI is InChI=1S/C26H38N2O6/c1-24(2,3)28-15-11-13-26-18(19-23(32)33-17-10-5-7-12-25(19,4)34-26)21(30)27(20(26)22(28)31)14-8-6-9-16-29/h7,11-13,18-20,29H,5-6,8-10,14-17H2,1-4H3/b12-7-/t18-,19+,20?,25-,26-/m0/s1. The van der Waals surface area contributed by atoms with Crippen LogP contribution in [0.15, 0.2) is 24.3 Å². The van der Waals surface area contributed by atoms with Crippen molar-refractivity contribution in [2.45, 2.75) is 82.6 Å². The molecule has 1 N–H and O–H groups in total. The van der Waals surface area contributed by atoms with Crippen LogP contribution in [0.2, 0.25) is 0 Å². The molecule has 0 aromatic heterocycles. The largest absolute Gasteiger partial charge is 0.465 e. The minimum atomic E-state index is -1.24. The number of aliphatic hydroxyl groups excluding tert-OH is 1. The molecule has 2 saturated heterocycles. The topological polar surface area (TPSA) is 96.4 Å². The highest BCUT2D eigenvalue weighted by molar-refractivity contribution is 5.99. The first-order valence-corrected chi connectivity index (χ1v) is 12.5. The monoisotopic (exact) mass is 474 g/mol. The summed E-state index contributed by atoms with van der Waals surface area (Å²) in [6.45, 7) is 8.92. The van der Waals surface area contributed by atoms with Crippen molar-refractivity contribution in [2.75, 3.05) is 26.3 Å². The second-order valence-corrected chi connectivity index (χ2v) is 11.0. The van der Waals surface area contributed by atoms with Crippen molar-refractivity contribution < 1.29 is 29.0 Å². The summed E-state index contributed by atoms with van der Waals surface area (Å²) in [7, 11) is 0. The number of ether oxygens (including phenoxy) is 2. The van der Waals surface area contributed by atoms with E-state index in [9.17, 15) is 14.4 Å². The second-order valence-electron chi connectivity index (χ2n) is 11.0. The maximum absolute atomic E-state index is 14.1. The summed E-state index contributed by atoms with van der Waals surface area (Å²) in [6.07, 6.45) is 11.1. The molecular weight excluding hydrogens is 436 g/mol. The highest BCUT2D eigenvalue weighted by Gasteiger charge is 2.74. The summed E-state index contributed by atoms with van der Waals surface area (Å²) in [4.78, 5) is 44.8. The first-order chi connectivity index (χ1) is 16.1. The lowest BCUT2D eigenvalue weighted by atomic mass is 9.74. The zero-order valence-electron chi connectivity index (χ0n) is 20.8. The minimum Gasteiger partial charge on any atom is -0.465 e. The van der Waals surface area contributed by atoms with Gasteiger partial charge < -0.3 is 24.4 Å². The number of amides is 2. The average molecular weight is 475 g/mol. The number of hydrogen-bond donors (Lipinski definition) is 1. The molecule has 188 valence electrons.